The molecule has 0 radical (unpaired) electrons. The number of benzene rings is 1. The van der Waals surface area contributed by atoms with Crippen LogP contribution in [-0.4, -0.2) is 25.1 Å². The fourth-order valence-electron chi connectivity index (χ4n) is 1.88. The lowest BCUT2D eigenvalue weighted by atomic mass is 10.1. The molecule has 4 N–H and O–H groups in total. The summed E-state index contributed by atoms with van der Waals surface area (Å²) < 4.78 is 0. The first kappa shape index (κ1) is 12.7. The maximum Gasteiger partial charge on any atom is 0.258 e. The number of rotatable bonds is 3. The lowest BCUT2D eigenvalue weighted by Crippen LogP contribution is -2.11. The van der Waals surface area contributed by atoms with E-state index in [1.807, 2.05) is 19.1 Å². The Balaban J connectivity index is 1.92. The number of anilines is 1. The lowest BCUT2D eigenvalue weighted by molar-refractivity contribution is 0.965. The molecule has 20 heavy (non-hydrogen) atoms. The lowest BCUT2D eigenvalue weighted by Gasteiger charge is -2.03. The molecular weight excluding hydrogens is 276 g/mol. The van der Waals surface area contributed by atoms with Crippen LogP contribution in [0.2, 0.25) is 0 Å². The molecule has 0 unspecified atom stereocenters. The van der Waals surface area contributed by atoms with Gasteiger partial charge in [0.2, 0.25) is 11.1 Å². The van der Waals surface area contributed by atoms with Crippen molar-refractivity contribution in [3.63, 3.8) is 0 Å². The van der Waals surface area contributed by atoms with Crippen LogP contribution < -0.4 is 11.3 Å². The van der Waals surface area contributed by atoms with Crippen molar-refractivity contribution < 1.29 is 0 Å². The van der Waals surface area contributed by atoms with E-state index in [-0.39, 0.29) is 11.5 Å². The zero-order valence-corrected chi connectivity index (χ0v) is 11.5. The molecule has 0 aliphatic heterocycles. The third-order valence-corrected chi connectivity index (χ3v) is 3.67. The van der Waals surface area contributed by atoms with Gasteiger partial charge in [-0.05, 0) is 18.6 Å². The van der Waals surface area contributed by atoms with Crippen LogP contribution in [0.3, 0.4) is 0 Å². The van der Waals surface area contributed by atoms with Gasteiger partial charge in [-0.3, -0.25) is 4.79 Å². The van der Waals surface area contributed by atoms with Gasteiger partial charge >= 0.3 is 0 Å². The summed E-state index contributed by atoms with van der Waals surface area (Å²) >= 11 is 1.35. The van der Waals surface area contributed by atoms with Crippen molar-refractivity contribution >= 4 is 28.6 Å². The van der Waals surface area contributed by atoms with E-state index >= 15 is 0 Å². The molecule has 0 spiro atoms. The van der Waals surface area contributed by atoms with Gasteiger partial charge in [0, 0.05) is 0 Å². The number of nitrogens with one attached hydrogen (secondary N) is 2. The average molecular weight is 288 g/mol. The quantitative estimate of drug-likeness (QED) is 0.624. The van der Waals surface area contributed by atoms with Crippen LogP contribution in [0.15, 0.2) is 28.2 Å². The largest absolute Gasteiger partial charge is 0.368 e. The van der Waals surface area contributed by atoms with Crippen molar-refractivity contribution in [2.24, 2.45) is 0 Å². The molecular formula is C12H12N6OS. The SMILES string of the molecule is Cc1cccc2c(=O)[nH]c(CSc3n[nH]c(N)n3)nc12. The first-order chi connectivity index (χ1) is 9.63. The zero-order valence-electron chi connectivity index (χ0n) is 10.7. The van der Waals surface area contributed by atoms with E-state index in [1.54, 1.807) is 6.07 Å². The Morgan fingerprint density at radius 1 is 1.35 bits per heavy atom. The second kappa shape index (κ2) is 4.97. The highest BCUT2D eigenvalue weighted by molar-refractivity contribution is 7.98. The number of H-pyrrole nitrogens is 2. The number of nitrogen functional groups attached to an aromatic ring is 1. The van der Waals surface area contributed by atoms with E-state index in [0.29, 0.717) is 22.1 Å². The molecule has 8 heteroatoms. The molecule has 0 aliphatic carbocycles. The molecule has 1 aromatic carbocycles. The third-order valence-electron chi connectivity index (χ3n) is 2.81. The number of aromatic amines is 2. The Kier molecular flexibility index (Phi) is 3.15. The summed E-state index contributed by atoms with van der Waals surface area (Å²) in [5, 5.41) is 7.59. The van der Waals surface area contributed by atoms with Gasteiger partial charge in [0.1, 0.15) is 5.82 Å². The summed E-state index contributed by atoms with van der Waals surface area (Å²) in [4.78, 5) is 23.2. The van der Waals surface area contributed by atoms with E-state index in [2.05, 4.69) is 25.1 Å². The van der Waals surface area contributed by atoms with Crippen LogP contribution in [0, 0.1) is 6.92 Å². The second-order valence-electron chi connectivity index (χ2n) is 4.28. The molecule has 102 valence electrons. The Morgan fingerprint density at radius 2 is 2.20 bits per heavy atom. The van der Waals surface area contributed by atoms with Crippen LogP contribution >= 0.6 is 11.8 Å². The number of nitrogens with two attached hydrogens (primary N) is 1. The molecule has 2 aromatic heterocycles. The normalized spacial score (nSPS) is 11.1. The monoisotopic (exact) mass is 288 g/mol. The van der Waals surface area contributed by atoms with Crippen molar-refractivity contribution in [2.75, 3.05) is 5.73 Å². The maximum atomic E-state index is 12.0. The topological polar surface area (TPSA) is 113 Å². The standard InChI is InChI=1S/C12H12N6OS/c1-6-3-2-4-7-9(6)14-8(15-10(7)19)5-20-12-16-11(13)17-18-12/h2-4H,5H2,1H3,(H,14,15,19)(H3,13,16,17,18). The summed E-state index contributed by atoms with van der Waals surface area (Å²) in [7, 11) is 0. The molecule has 0 saturated heterocycles. The highest BCUT2D eigenvalue weighted by Gasteiger charge is 2.08. The smallest absolute Gasteiger partial charge is 0.258 e. The molecule has 0 saturated carbocycles. The van der Waals surface area contributed by atoms with Gasteiger partial charge in [0.25, 0.3) is 5.56 Å². The minimum atomic E-state index is -0.135. The molecule has 0 bridgehead atoms. The number of fused-ring (bicyclic) bond motifs is 1. The van der Waals surface area contributed by atoms with Crippen molar-refractivity contribution in [2.45, 2.75) is 17.8 Å². The number of hydrogen-bond donors (Lipinski definition) is 3. The van der Waals surface area contributed by atoms with Crippen LogP contribution in [0.25, 0.3) is 10.9 Å². The molecule has 3 aromatic rings. The first-order valence-electron chi connectivity index (χ1n) is 5.92. The van der Waals surface area contributed by atoms with E-state index in [4.69, 9.17) is 5.73 Å². The summed E-state index contributed by atoms with van der Waals surface area (Å²) in [5.41, 5.74) is 7.01. The molecule has 0 aliphatic rings. The molecule has 2 heterocycles. The first-order valence-corrected chi connectivity index (χ1v) is 6.91. The van der Waals surface area contributed by atoms with E-state index in [9.17, 15) is 4.79 Å². The summed E-state index contributed by atoms with van der Waals surface area (Å²) in [6.45, 7) is 1.93. The van der Waals surface area contributed by atoms with Crippen LogP contribution in [0.5, 0.6) is 0 Å². The van der Waals surface area contributed by atoms with Crippen molar-refractivity contribution in [3.8, 4) is 0 Å². The highest BCUT2D eigenvalue weighted by Crippen LogP contribution is 2.18. The van der Waals surface area contributed by atoms with Gasteiger partial charge in [-0.2, -0.15) is 4.98 Å². The van der Waals surface area contributed by atoms with Gasteiger partial charge in [-0.25, -0.2) is 10.1 Å². The van der Waals surface area contributed by atoms with E-state index in [1.165, 1.54) is 11.8 Å². The molecule has 0 fully saturated rings. The minimum Gasteiger partial charge on any atom is -0.368 e. The molecule has 3 rings (SSSR count). The second-order valence-corrected chi connectivity index (χ2v) is 5.22. The van der Waals surface area contributed by atoms with Crippen LogP contribution in [0.4, 0.5) is 5.95 Å². The predicted octanol–water partition coefficient (Wildman–Crippen LogP) is 1.22. The number of nitrogens with zero attached hydrogens (tertiary/aromatic N) is 3. The Morgan fingerprint density at radius 3 is 2.95 bits per heavy atom. The third kappa shape index (κ3) is 2.37. The number of para-hydroxylation sites is 1. The Labute approximate surface area is 118 Å². The van der Waals surface area contributed by atoms with Crippen molar-refractivity contribution in [1.82, 2.24) is 25.1 Å². The fourth-order valence-corrected chi connectivity index (χ4v) is 2.55. The minimum absolute atomic E-state index is 0.135. The van der Waals surface area contributed by atoms with Crippen LogP contribution in [-0.2, 0) is 5.75 Å². The van der Waals surface area contributed by atoms with Gasteiger partial charge in [-0.1, -0.05) is 23.9 Å². The molecule has 0 amide bonds. The van der Waals surface area contributed by atoms with Crippen molar-refractivity contribution in [1.29, 1.82) is 0 Å². The fraction of sp³-hybridized carbons (Fsp3) is 0.167. The number of thioether (sulfide) groups is 1. The summed E-state index contributed by atoms with van der Waals surface area (Å²) in [6.07, 6.45) is 0. The van der Waals surface area contributed by atoms with Crippen LogP contribution in [0.1, 0.15) is 11.4 Å². The highest BCUT2D eigenvalue weighted by atomic mass is 32.2. The number of hydrogen-bond acceptors (Lipinski definition) is 6. The Bertz CT molecular complexity index is 824. The number of aromatic nitrogens is 5. The maximum absolute atomic E-state index is 12.0. The van der Waals surface area contributed by atoms with Gasteiger partial charge in [0.05, 0.1) is 16.7 Å². The van der Waals surface area contributed by atoms with E-state index in [0.717, 1.165) is 11.1 Å². The van der Waals surface area contributed by atoms with Gasteiger partial charge in [-0.15, -0.1) is 5.10 Å². The zero-order chi connectivity index (χ0) is 14.1. The summed E-state index contributed by atoms with van der Waals surface area (Å²) in [6, 6.07) is 5.54. The molecule has 0 atom stereocenters. The van der Waals surface area contributed by atoms with Crippen molar-refractivity contribution in [3.05, 3.63) is 39.9 Å². The summed E-state index contributed by atoms with van der Waals surface area (Å²) in [5.74, 6) is 1.32. The number of aryl methyl sites for hydroxylation is 1. The van der Waals surface area contributed by atoms with Gasteiger partial charge < -0.3 is 10.7 Å². The Hall–Kier alpha value is -2.35. The van der Waals surface area contributed by atoms with E-state index < -0.39 is 0 Å². The predicted molar refractivity (Wildman–Crippen MR) is 77.5 cm³/mol. The van der Waals surface area contributed by atoms with Gasteiger partial charge in [0.15, 0.2) is 0 Å². The molecule has 7 nitrogen and oxygen atoms in total. The average Bonchev–Trinajstić information content (AvgIpc) is 2.84.